The van der Waals surface area contributed by atoms with Crippen LogP contribution in [0, 0.1) is 13.8 Å². The maximum atomic E-state index is 12.5. The third-order valence-corrected chi connectivity index (χ3v) is 5.27. The Hall–Kier alpha value is -3.42. The lowest BCUT2D eigenvalue weighted by molar-refractivity contribution is 0.0943. The summed E-state index contributed by atoms with van der Waals surface area (Å²) in [7, 11) is 0. The molecule has 0 radical (unpaired) electrons. The van der Waals surface area contributed by atoms with Gasteiger partial charge in [-0.1, -0.05) is 13.0 Å². The zero-order chi connectivity index (χ0) is 21.3. The number of anilines is 2. The molecule has 156 valence electrons. The molecule has 1 fully saturated rings. The molecule has 0 unspecified atom stereocenters. The van der Waals surface area contributed by atoms with E-state index in [0.717, 1.165) is 41.6 Å². The van der Waals surface area contributed by atoms with Gasteiger partial charge in [0, 0.05) is 30.0 Å². The van der Waals surface area contributed by atoms with Crippen molar-refractivity contribution in [3.63, 3.8) is 0 Å². The second-order valence-electron chi connectivity index (χ2n) is 7.73. The summed E-state index contributed by atoms with van der Waals surface area (Å²) < 4.78 is 1.66. The zero-order valence-corrected chi connectivity index (χ0v) is 17.5. The summed E-state index contributed by atoms with van der Waals surface area (Å²) in [5.74, 6) is 0.391. The van der Waals surface area contributed by atoms with Gasteiger partial charge in [0.1, 0.15) is 11.8 Å². The Morgan fingerprint density at radius 2 is 2.00 bits per heavy atom. The van der Waals surface area contributed by atoms with Gasteiger partial charge in [-0.3, -0.25) is 9.59 Å². The molecule has 8 heteroatoms. The van der Waals surface area contributed by atoms with Crippen LogP contribution in [0.25, 0.3) is 5.52 Å². The van der Waals surface area contributed by atoms with Crippen molar-refractivity contribution < 1.29 is 9.59 Å². The average Bonchev–Trinajstić information content (AvgIpc) is 3.48. The summed E-state index contributed by atoms with van der Waals surface area (Å²) in [6.45, 7) is 6.49. The third-order valence-electron chi connectivity index (χ3n) is 5.27. The molecule has 0 bridgehead atoms. The van der Waals surface area contributed by atoms with E-state index in [1.807, 2.05) is 39.0 Å². The first-order valence-electron chi connectivity index (χ1n) is 10.3. The Kier molecular flexibility index (Phi) is 5.39. The van der Waals surface area contributed by atoms with Gasteiger partial charge in [0.2, 0.25) is 0 Å². The molecule has 1 aromatic carbocycles. The second-order valence-corrected chi connectivity index (χ2v) is 7.73. The lowest BCUT2D eigenvalue weighted by atomic mass is 10.1. The van der Waals surface area contributed by atoms with Gasteiger partial charge in [0.05, 0.1) is 5.56 Å². The highest BCUT2D eigenvalue weighted by Gasteiger charge is 2.24. The maximum Gasteiger partial charge on any atom is 0.253 e. The second kappa shape index (κ2) is 8.14. The van der Waals surface area contributed by atoms with Gasteiger partial charge in [0.25, 0.3) is 11.8 Å². The van der Waals surface area contributed by atoms with Crippen molar-refractivity contribution in [1.29, 1.82) is 0 Å². The fourth-order valence-electron chi connectivity index (χ4n) is 3.34. The normalized spacial score (nSPS) is 13.3. The summed E-state index contributed by atoms with van der Waals surface area (Å²) >= 11 is 0. The standard InChI is InChI=1S/C22H26N6O2/c1-4-9-23-22(30)17-11-28-19(14(17)3)20(24-12-25-28)27-18-10-15(6-5-13(18)2)21(29)26-16-7-8-16/h5-6,10-12,16H,4,7-9H2,1-3H3,(H,23,30)(H,26,29)(H,24,25,27). The number of nitrogens with one attached hydrogen (secondary N) is 3. The molecule has 0 saturated heterocycles. The number of carbonyl (C=O) groups is 2. The van der Waals surface area contributed by atoms with Gasteiger partial charge in [-0.2, -0.15) is 5.10 Å². The monoisotopic (exact) mass is 406 g/mol. The predicted molar refractivity (Wildman–Crippen MR) is 115 cm³/mol. The number of amides is 2. The van der Waals surface area contributed by atoms with E-state index >= 15 is 0 Å². The Labute approximate surface area is 175 Å². The number of aromatic nitrogens is 3. The van der Waals surface area contributed by atoms with Crippen LogP contribution in [0.3, 0.4) is 0 Å². The van der Waals surface area contributed by atoms with Crippen molar-refractivity contribution in [3.05, 3.63) is 53.0 Å². The Morgan fingerprint density at radius 1 is 1.20 bits per heavy atom. The molecule has 30 heavy (non-hydrogen) atoms. The van der Waals surface area contributed by atoms with Crippen molar-refractivity contribution >= 4 is 28.8 Å². The molecule has 1 saturated carbocycles. The molecule has 8 nitrogen and oxygen atoms in total. The van der Waals surface area contributed by atoms with E-state index in [2.05, 4.69) is 26.0 Å². The van der Waals surface area contributed by atoms with E-state index in [0.29, 0.717) is 29.5 Å². The number of rotatable bonds is 7. The van der Waals surface area contributed by atoms with Crippen molar-refractivity contribution in [2.75, 3.05) is 11.9 Å². The van der Waals surface area contributed by atoms with Gasteiger partial charge in [0.15, 0.2) is 5.82 Å². The minimum Gasteiger partial charge on any atom is -0.352 e. The van der Waals surface area contributed by atoms with Crippen LogP contribution in [0.2, 0.25) is 0 Å². The Bertz CT molecular complexity index is 1120. The topological polar surface area (TPSA) is 100 Å². The minimum atomic E-state index is -0.124. The highest BCUT2D eigenvalue weighted by molar-refractivity contribution is 5.99. The summed E-state index contributed by atoms with van der Waals surface area (Å²) in [5.41, 5.74) is 4.47. The first-order chi connectivity index (χ1) is 14.5. The first kappa shape index (κ1) is 19.9. The van der Waals surface area contributed by atoms with Gasteiger partial charge in [-0.25, -0.2) is 9.50 Å². The van der Waals surface area contributed by atoms with E-state index in [9.17, 15) is 9.59 Å². The van der Waals surface area contributed by atoms with Gasteiger partial charge >= 0.3 is 0 Å². The Balaban J connectivity index is 1.66. The third kappa shape index (κ3) is 3.98. The maximum absolute atomic E-state index is 12.5. The smallest absolute Gasteiger partial charge is 0.253 e. The number of fused-ring (bicyclic) bond motifs is 1. The van der Waals surface area contributed by atoms with E-state index in [4.69, 9.17) is 0 Å². The van der Waals surface area contributed by atoms with E-state index in [1.54, 1.807) is 10.7 Å². The molecule has 3 N–H and O–H groups in total. The lowest BCUT2D eigenvalue weighted by Gasteiger charge is -2.12. The summed E-state index contributed by atoms with van der Waals surface area (Å²) in [4.78, 5) is 29.3. The van der Waals surface area contributed by atoms with Gasteiger partial charge in [-0.15, -0.1) is 0 Å². The molecule has 0 spiro atoms. The zero-order valence-electron chi connectivity index (χ0n) is 17.5. The SMILES string of the molecule is CCCNC(=O)c1cn2ncnc(Nc3cc(C(=O)NC4CC4)ccc3C)c2c1C. The van der Waals surface area contributed by atoms with Crippen molar-refractivity contribution in [1.82, 2.24) is 25.2 Å². The van der Waals surface area contributed by atoms with E-state index in [-0.39, 0.29) is 11.8 Å². The van der Waals surface area contributed by atoms with Crippen LogP contribution < -0.4 is 16.0 Å². The van der Waals surface area contributed by atoms with Crippen LogP contribution in [-0.4, -0.2) is 39.0 Å². The largest absolute Gasteiger partial charge is 0.352 e. The molecule has 0 atom stereocenters. The summed E-state index contributed by atoms with van der Waals surface area (Å²) in [5, 5.41) is 13.5. The highest BCUT2D eigenvalue weighted by atomic mass is 16.2. The molecule has 1 aliphatic carbocycles. The van der Waals surface area contributed by atoms with Crippen molar-refractivity contribution in [2.24, 2.45) is 0 Å². The van der Waals surface area contributed by atoms with Crippen molar-refractivity contribution in [3.8, 4) is 0 Å². The highest BCUT2D eigenvalue weighted by Crippen LogP contribution is 2.28. The van der Waals surface area contributed by atoms with Gasteiger partial charge in [-0.05, 0) is 56.4 Å². The molecule has 3 aromatic rings. The number of hydrogen-bond donors (Lipinski definition) is 3. The van der Waals surface area contributed by atoms with E-state index in [1.165, 1.54) is 6.33 Å². The number of nitrogens with zero attached hydrogens (tertiary/aromatic N) is 3. The van der Waals surface area contributed by atoms with Crippen molar-refractivity contribution in [2.45, 2.75) is 46.1 Å². The van der Waals surface area contributed by atoms with Crippen LogP contribution >= 0.6 is 0 Å². The molecule has 2 aromatic heterocycles. The molecular weight excluding hydrogens is 380 g/mol. The van der Waals surface area contributed by atoms with Gasteiger partial charge < -0.3 is 16.0 Å². The predicted octanol–water partition coefficient (Wildman–Crippen LogP) is 3.12. The number of hydrogen-bond acceptors (Lipinski definition) is 5. The molecule has 0 aliphatic heterocycles. The first-order valence-corrected chi connectivity index (χ1v) is 10.3. The van der Waals surface area contributed by atoms with Crippen LogP contribution in [0.5, 0.6) is 0 Å². The molecular formula is C22H26N6O2. The molecule has 1 aliphatic rings. The summed E-state index contributed by atoms with van der Waals surface area (Å²) in [6.07, 6.45) is 6.12. The van der Waals surface area contributed by atoms with E-state index < -0.39 is 0 Å². The number of benzene rings is 1. The quantitative estimate of drug-likeness (QED) is 0.560. The van der Waals surface area contributed by atoms with Crippen LogP contribution in [0.4, 0.5) is 11.5 Å². The summed E-state index contributed by atoms with van der Waals surface area (Å²) in [6, 6.07) is 5.87. The Morgan fingerprint density at radius 3 is 2.73 bits per heavy atom. The fraction of sp³-hybridized carbons (Fsp3) is 0.364. The number of carbonyl (C=O) groups excluding carboxylic acids is 2. The fourth-order valence-corrected chi connectivity index (χ4v) is 3.34. The molecule has 2 amide bonds. The van der Waals surface area contributed by atoms with Crippen LogP contribution in [-0.2, 0) is 0 Å². The van der Waals surface area contributed by atoms with Crippen LogP contribution in [0.1, 0.15) is 58.0 Å². The van der Waals surface area contributed by atoms with Crippen LogP contribution in [0.15, 0.2) is 30.7 Å². The minimum absolute atomic E-state index is 0.0675. The average molecular weight is 406 g/mol. The number of aryl methyl sites for hydroxylation is 2. The molecule has 2 heterocycles. The lowest BCUT2D eigenvalue weighted by Crippen LogP contribution is -2.25. The molecule has 4 rings (SSSR count).